The van der Waals surface area contributed by atoms with Crippen LogP contribution in [0.15, 0.2) is 54.6 Å². The first-order chi connectivity index (χ1) is 9.74. The van der Waals surface area contributed by atoms with Crippen LogP contribution in [-0.4, -0.2) is 25.5 Å². The molecule has 0 amide bonds. The molecule has 0 atom stereocenters. The number of halogens is 1. The lowest BCUT2D eigenvalue weighted by atomic mass is 9.99. The van der Waals surface area contributed by atoms with Crippen LogP contribution in [-0.2, 0) is 6.42 Å². The first kappa shape index (κ1) is 15.8. The molecule has 0 spiro atoms. The van der Waals surface area contributed by atoms with E-state index in [1.54, 1.807) is 0 Å². The Bertz CT molecular complexity index is 734. The molecule has 0 aliphatic carbocycles. The third-order valence-corrected chi connectivity index (χ3v) is 3.88. The van der Waals surface area contributed by atoms with Crippen molar-refractivity contribution in [2.75, 3.05) is 20.6 Å². The summed E-state index contributed by atoms with van der Waals surface area (Å²) < 4.78 is 0. The molecule has 3 aromatic carbocycles. The molecule has 21 heavy (non-hydrogen) atoms. The fourth-order valence-electron chi connectivity index (χ4n) is 2.82. The second-order valence-corrected chi connectivity index (χ2v) is 5.75. The van der Waals surface area contributed by atoms with E-state index in [1.807, 2.05) is 0 Å². The highest BCUT2D eigenvalue weighted by Crippen LogP contribution is 2.26. The maximum absolute atomic E-state index is 2.34. The Morgan fingerprint density at radius 2 is 1.52 bits per heavy atom. The number of aryl methyl sites for hydroxylation is 1. The Morgan fingerprint density at radius 1 is 0.810 bits per heavy atom. The van der Waals surface area contributed by atoms with Crippen molar-refractivity contribution in [3.63, 3.8) is 0 Å². The summed E-state index contributed by atoms with van der Waals surface area (Å²) >= 11 is 0. The lowest BCUT2D eigenvalue weighted by Gasteiger charge is -2.10. The van der Waals surface area contributed by atoms with Crippen molar-refractivity contribution in [2.45, 2.75) is 12.8 Å². The van der Waals surface area contributed by atoms with Crippen LogP contribution >= 0.6 is 12.4 Å². The Labute approximate surface area is 133 Å². The predicted octanol–water partition coefficient (Wildman–Crippen LogP) is 4.91. The van der Waals surface area contributed by atoms with Crippen LogP contribution in [0.2, 0.25) is 0 Å². The topological polar surface area (TPSA) is 3.24 Å². The Balaban J connectivity index is 0.00000161. The maximum atomic E-state index is 2.34. The molecule has 110 valence electrons. The van der Waals surface area contributed by atoms with Crippen molar-refractivity contribution in [3.05, 3.63) is 60.2 Å². The minimum absolute atomic E-state index is 0. The van der Waals surface area contributed by atoms with Crippen molar-refractivity contribution >= 4 is 34.0 Å². The van der Waals surface area contributed by atoms with Gasteiger partial charge in [0, 0.05) is 0 Å². The molecule has 3 rings (SSSR count). The number of benzene rings is 3. The van der Waals surface area contributed by atoms with Gasteiger partial charge in [-0.25, -0.2) is 0 Å². The molecule has 0 unspecified atom stereocenters. The molecule has 2 heteroatoms. The van der Waals surface area contributed by atoms with E-state index >= 15 is 0 Å². The van der Waals surface area contributed by atoms with Gasteiger partial charge in [0.15, 0.2) is 0 Å². The molecular weight excluding hydrogens is 278 g/mol. The van der Waals surface area contributed by atoms with Crippen molar-refractivity contribution in [2.24, 2.45) is 0 Å². The summed E-state index contributed by atoms with van der Waals surface area (Å²) in [4.78, 5) is 2.24. The van der Waals surface area contributed by atoms with E-state index < -0.39 is 0 Å². The van der Waals surface area contributed by atoms with Crippen molar-refractivity contribution in [1.82, 2.24) is 4.90 Å². The second kappa shape index (κ2) is 6.93. The molecule has 0 heterocycles. The average Bonchev–Trinajstić information content (AvgIpc) is 2.46. The molecule has 0 saturated carbocycles. The molecule has 0 bridgehead atoms. The summed E-state index contributed by atoms with van der Waals surface area (Å²) in [5.41, 5.74) is 1.44. The number of hydrogen-bond acceptors (Lipinski definition) is 1. The van der Waals surface area contributed by atoms with Gasteiger partial charge >= 0.3 is 0 Å². The number of hydrogen-bond donors (Lipinski definition) is 0. The van der Waals surface area contributed by atoms with Crippen molar-refractivity contribution in [1.29, 1.82) is 0 Å². The maximum Gasteiger partial charge on any atom is -0.00217 e. The highest BCUT2D eigenvalue weighted by atomic mass is 35.5. The Kier molecular flexibility index (Phi) is 5.22. The van der Waals surface area contributed by atoms with E-state index in [0.717, 1.165) is 13.0 Å². The molecular formula is C19H22ClN. The minimum Gasteiger partial charge on any atom is -0.309 e. The first-order valence-electron chi connectivity index (χ1n) is 7.29. The number of rotatable bonds is 4. The second-order valence-electron chi connectivity index (χ2n) is 5.75. The smallest absolute Gasteiger partial charge is 0.00217 e. The summed E-state index contributed by atoms with van der Waals surface area (Å²) in [6.07, 6.45) is 2.37. The predicted molar refractivity (Wildman–Crippen MR) is 95.6 cm³/mol. The zero-order valence-electron chi connectivity index (χ0n) is 12.7. The van der Waals surface area contributed by atoms with Crippen LogP contribution in [0.1, 0.15) is 12.0 Å². The van der Waals surface area contributed by atoms with E-state index in [-0.39, 0.29) is 12.4 Å². The third kappa shape index (κ3) is 3.55. The SMILES string of the molecule is CN(C)CCCc1ccc2c(ccc3ccccc32)c1.Cl. The fourth-order valence-corrected chi connectivity index (χ4v) is 2.82. The van der Waals surface area contributed by atoms with Gasteiger partial charge in [0.2, 0.25) is 0 Å². The molecule has 0 aromatic heterocycles. The van der Waals surface area contributed by atoms with E-state index in [4.69, 9.17) is 0 Å². The van der Waals surface area contributed by atoms with Gasteiger partial charge in [0.25, 0.3) is 0 Å². The van der Waals surface area contributed by atoms with Gasteiger partial charge in [-0.05, 0) is 60.6 Å². The molecule has 0 aliphatic heterocycles. The molecule has 3 aromatic rings. The van der Waals surface area contributed by atoms with Gasteiger partial charge in [-0.1, -0.05) is 54.6 Å². The third-order valence-electron chi connectivity index (χ3n) is 3.88. The normalized spacial score (nSPS) is 11.0. The van der Waals surface area contributed by atoms with E-state index in [2.05, 4.69) is 73.6 Å². The summed E-state index contributed by atoms with van der Waals surface area (Å²) in [6.45, 7) is 1.15. The monoisotopic (exact) mass is 299 g/mol. The average molecular weight is 300 g/mol. The largest absolute Gasteiger partial charge is 0.309 e. The van der Waals surface area contributed by atoms with Gasteiger partial charge in [-0.15, -0.1) is 12.4 Å². The van der Waals surface area contributed by atoms with Crippen LogP contribution in [0.3, 0.4) is 0 Å². The highest BCUT2D eigenvalue weighted by Gasteiger charge is 2.01. The van der Waals surface area contributed by atoms with Crippen LogP contribution in [0.4, 0.5) is 0 Å². The molecule has 0 N–H and O–H groups in total. The summed E-state index contributed by atoms with van der Waals surface area (Å²) in [6, 6.07) is 20.0. The van der Waals surface area contributed by atoms with Crippen LogP contribution < -0.4 is 0 Å². The lowest BCUT2D eigenvalue weighted by Crippen LogP contribution is -2.13. The Hall–Kier alpha value is -1.57. The summed E-state index contributed by atoms with van der Waals surface area (Å²) in [5.74, 6) is 0. The Morgan fingerprint density at radius 3 is 2.33 bits per heavy atom. The first-order valence-corrected chi connectivity index (χ1v) is 7.29. The van der Waals surface area contributed by atoms with Gasteiger partial charge in [0.1, 0.15) is 0 Å². The zero-order valence-corrected chi connectivity index (χ0v) is 13.5. The van der Waals surface area contributed by atoms with Crippen LogP contribution in [0.5, 0.6) is 0 Å². The van der Waals surface area contributed by atoms with Gasteiger partial charge in [0.05, 0.1) is 0 Å². The standard InChI is InChI=1S/C19H21N.ClH/c1-20(2)13-5-6-15-9-12-19-17(14-15)11-10-16-7-3-4-8-18(16)19;/h3-4,7-12,14H,5-6,13H2,1-2H3;1H. The van der Waals surface area contributed by atoms with Crippen molar-refractivity contribution < 1.29 is 0 Å². The molecule has 0 radical (unpaired) electrons. The molecule has 0 fully saturated rings. The van der Waals surface area contributed by atoms with E-state index in [0.29, 0.717) is 0 Å². The molecule has 0 aliphatic rings. The van der Waals surface area contributed by atoms with Gasteiger partial charge in [-0.2, -0.15) is 0 Å². The lowest BCUT2D eigenvalue weighted by molar-refractivity contribution is 0.400. The van der Waals surface area contributed by atoms with Gasteiger partial charge in [-0.3, -0.25) is 0 Å². The number of fused-ring (bicyclic) bond motifs is 3. The molecule has 1 nitrogen and oxygen atoms in total. The van der Waals surface area contributed by atoms with Gasteiger partial charge < -0.3 is 4.90 Å². The quantitative estimate of drug-likeness (QED) is 0.619. The highest BCUT2D eigenvalue weighted by molar-refractivity contribution is 6.07. The van der Waals surface area contributed by atoms with Crippen molar-refractivity contribution in [3.8, 4) is 0 Å². The minimum atomic E-state index is 0. The summed E-state index contributed by atoms with van der Waals surface area (Å²) in [7, 11) is 4.26. The van der Waals surface area contributed by atoms with Crippen LogP contribution in [0, 0.1) is 0 Å². The fraction of sp³-hybridized carbons (Fsp3) is 0.263. The zero-order chi connectivity index (χ0) is 13.9. The van der Waals surface area contributed by atoms with E-state index in [1.165, 1.54) is 33.5 Å². The summed E-state index contributed by atoms with van der Waals surface area (Å²) in [5, 5.41) is 5.38. The van der Waals surface area contributed by atoms with Crippen LogP contribution in [0.25, 0.3) is 21.5 Å². The molecule has 0 saturated heterocycles. The van der Waals surface area contributed by atoms with E-state index in [9.17, 15) is 0 Å². The number of nitrogens with zero attached hydrogens (tertiary/aromatic N) is 1.